The molecule has 0 aliphatic heterocycles. The molecule has 0 aromatic heterocycles. The minimum Gasteiger partial charge on any atom is -0.411 e. The van der Waals surface area contributed by atoms with E-state index >= 15 is 0 Å². The normalized spacial score (nSPS) is 9.44. The molecule has 0 aromatic carbocycles. The van der Waals surface area contributed by atoms with Crippen LogP contribution in [0.2, 0.25) is 0 Å². The van der Waals surface area contributed by atoms with E-state index in [0.29, 0.717) is 8.64 Å². The zero-order chi connectivity index (χ0) is 18.8. The summed E-state index contributed by atoms with van der Waals surface area (Å²) in [4.78, 5) is 4.27. The minimum atomic E-state index is 0. The van der Waals surface area contributed by atoms with E-state index in [4.69, 9.17) is 49.7 Å². The van der Waals surface area contributed by atoms with Gasteiger partial charge in [-0.1, -0.05) is 62.0 Å². The molecular weight excluding hydrogens is 431 g/mol. The third-order valence-electron chi connectivity index (χ3n) is 3.64. The number of thiocarbonyl (C=S) groups is 2. The number of hydrogen-bond donors (Lipinski definition) is 0. The van der Waals surface area contributed by atoms with Crippen LogP contribution in [0, 0.1) is 0 Å². The molecule has 0 fully saturated rings. The van der Waals surface area contributed by atoms with E-state index in [1.165, 1.54) is 51.4 Å². The molecule has 0 rings (SSSR count). The SMILES string of the molecule is CCCCN(CCCC)C(=S)[S-].CCCCN(CCCC)C(=S)[S-].[Ni+2]. The molecule has 0 bridgehead atoms. The van der Waals surface area contributed by atoms with Crippen molar-refractivity contribution in [1.82, 2.24) is 9.80 Å². The van der Waals surface area contributed by atoms with Crippen molar-refractivity contribution in [1.29, 1.82) is 0 Å². The summed E-state index contributed by atoms with van der Waals surface area (Å²) in [6.07, 6.45) is 9.62. The summed E-state index contributed by atoms with van der Waals surface area (Å²) in [5.74, 6) is 0. The van der Waals surface area contributed by atoms with Gasteiger partial charge in [-0.3, -0.25) is 0 Å². The first-order chi connectivity index (χ1) is 11.4. The number of nitrogens with zero attached hydrogens (tertiary/aromatic N) is 2. The fourth-order valence-corrected chi connectivity index (χ4v) is 2.71. The minimum absolute atomic E-state index is 0. The maximum Gasteiger partial charge on any atom is 2.00 e. The van der Waals surface area contributed by atoms with E-state index in [9.17, 15) is 0 Å². The fraction of sp³-hybridized carbons (Fsp3) is 0.889. The first-order valence-corrected chi connectivity index (χ1v) is 11.0. The summed E-state index contributed by atoms with van der Waals surface area (Å²) in [5, 5.41) is 0. The van der Waals surface area contributed by atoms with E-state index in [1.54, 1.807) is 0 Å². The van der Waals surface area contributed by atoms with Crippen LogP contribution in [0.4, 0.5) is 0 Å². The molecule has 2 nitrogen and oxygen atoms in total. The molecule has 0 aromatic rings. The van der Waals surface area contributed by atoms with Crippen molar-refractivity contribution in [2.75, 3.05) is 26.2 Å². The molecule has 25 heavy (non-hydrogen) atoms. The molecule has 0 spiro atoms. The standard InChI is InChI=1S/2C9H19NS2.Ni/c2*1-3-5-7-10(9(11)12)8-6-4-2;/h2*3-8H2,1-2H3,(H,11,12);/q;;+2/p-2. The molecule has 0 N–H and O–H groups in total. The predicted octanol–water partition coefficient (Wildman–Crippen LogP) is 5.44. The molecule has 0 aliphatic rings. The third kappa shape index (κ3) is 20.9. The maximum atomic E-state index is 4.98. The molecule has 0 saturated heterocycles. The van der Waals surface area contributed by atoms with Crippen LogP contribution in [-0.4, -0.2) is 44.6 Å². The quantitative estimate of drug-likeness (QED) is 0.213. The number of rotatable bonds is 12. The second-order valence-electron chi connectivity index (χ2n) is 5.92. The van der Waals surface area contributed by atoms with E-state index in [0.717, 1.165) is 26.2 Å². The average Bonchev–Trinajstić information content (AvgIpc) is 2.55. The Labute approximate surface area is 189 Å². The van der Waals surface area contributed by atoms with Crippen LogP contribution in [0.25, 0.3) is 0 Å². The van der Waals surface area contributed by atoms with E-state index in [2.05, 4.69) is 37.5 Å². The molecule has 0 heterocycles. The van der Waals surface area contributed by atoms with Gasteiger partial charge in [0.2, 0.25) is 0 Å². The molecule has 0 atom stereocenters. The smallest absolute Gasteiger partial charge is 0.411 e. The van der Waals surface area contributed by atoms with Crippen LogP contribution >= 0.6 is 24.4 Å². The predicted molar refractivity (Wildman–Crippen MR) is 123 cm³/mol. The van der Waals surface area contributed by atoms with Gasteiger partial charge in [-0.25, -0.2) is 0 Å². The summed E-state index contributed by atoms with van der Waals surface area (Å²) in [5.41, 5.74) is 0. The van der Waals surface area contributed by atoms with Crippen LogP contribution in [0.1, 0.15) is 79.1 Å². The second kappa shape index (κ2) is 22.8. The zero-order valence-electron chi connectivity index (χ0n) is 16.3. The van der Waals surface area contributed by atoms with Crippen LogP contribution in [0.3, 0.4) is 0 Å². The largest absolute Gasteiger partial charge is 2.00 e. The Morgan fingerprint density at radius 3 is 0.920 bits per heavy atom. The van der Waals surface area contributed by atoms with E-state index in [-0.39, 0.29) is 16.5 Å². The van der Waals surface area contributed by atoms with E-state index in [1.807, 2.05) is 0 Å². The maximum absolute atomic E-state index is 4.98. The Hall–Kier alpha value is 0.714. The van der Waals surface area contributed by atoms with Crippen molar-refractivity contribution in [2.45, 2.75) is 79.1 Å². The van der Waals surface area contributed by atoms with Crippen molar-refractivity contribution in [3.8, 4) is 0 Å². The molecule has 7 heteroatoms. The van der Waals surface area contributed by atoms with Gasteiger partial charge < -0.3 is 59.5 Å². The first-order valence-electron chi connectivity index (χ1n) is 9.36. The van der Waals surface area contributed by atoms with Crippen molar-refractivity contribution >= 4 is 58.3 Å². The van der Waals surface area contributed by atoms with Gasteiger partial charge in [-0.05, 0) is 25.7 Å². The van der Waals surface area contributed by atoms with Crippen molar-refractivity contribution in [3.05, 3.63) is 0 Å². The topological polar surface area (TPSA) is 6.48 Å². The van der Waals surface area contributed by atoms with Gasteiger partial charge in [-0.15, -0.1) is 0 Å². The van der Waals surface area contributed by atoms with Gasteiger partial charge >= 0.3 is 16.5 Å². The summed E-state index contributed by atoms with van der Waals surface area (Å²) in [7, 11) is 0. The third-order valence-corrected chi connectivity index (χ3v) is 4.68. The first kappa shape index (κ1) is 30.4. The molecule has 0 amide bonds. The Bertz CT molecular complexity index is 271. The van der Waals surface area contributed by atoms with Crippen LogP contribution < -0.4 is 0 Å². The molecule has 0 saturated carbocycles. The summed E-state index contributed by atoms with van der Waals surface area (Å²) in [6, 6.07) is 0. The van der Waals surface area contributed by atoms with Crippen molar-refractivity contribution < 1.29 is 16.5 Å². The average molecular weight is 467 g/mol. The Morgan fingerprint density at radius 1 is 0.600 bits per heavy atom. The van der Waals surface area contributed by atoms with Gasteiger partial charge in [0.05, 0.1) is 0 Å². The molecular formula is C18H36N2NiS4. The van der Waals surface area contributed by atoms with Crippen molar-refractivity contribution in [2.24, 2.45) is 0 Å². The van der Waals surface area contributed by atoms with Gasteiger partial charge in [0.15, 0.2) is 0 Å². The van der Waals surface area contributed by atoms with Crippen molar-refractivity contribution in [3.63, 3.8) is 0 Å². The zero-order valence-corrected chi connectivity index (χ0v) is 20.6. The molecule has 0 radical (unpaired) electrons. The van der Waals surface area contributed by atoms with Crippen LogP contribution in [-0.2, 0) is 41.7 Å². The molecule has 0 aliphatic carbocycles. The van der Waals surface area contributed by atoms with Crippen LogP contribution in [0.15, 0.2) is 0 Å². The van der Waals surface area contributed by atoms with Gasteiger partial charge in [0.25, 0.3) is 0 Å². The molecule has 152 valence electrons. The Balaban J connectivity index is -0.000000372. The second-order valence-corrected chi connectivity index (χ2v) is 7.98. The van der Waals surface area contributed by atoms with E-state index < -0.39 is 0 Å². The molecule has 0 unspecified atom stereocenters. The van der Waals surface area contributed by atoms with Crippen LogP contribution in [0.5, 0.6) is 0 Å². The summed E-state index contributed by atoms with van der Waals surface area (Å²) < 4.78 is 1.27. The fourth-order valence-electron chi connectivity index (χ4n) is 1.98. The van der Waals surface area contributed by atoms with Gasteiger partial charge in [0.1, 0.15) is 0 Å². The van der Waals surface area contributed by atoms with Gasteiger partial charge in [-0.2, -0.15) is 0 Å². The Morgan fingerprint density at radius 2 is 0.800 bits per heavy atom. The summed E-state index contributed by atoms with van der Waals surface area (Å²) in [6.45, 7) is 12.9. The number of hydrogen-bond acceptors (Lipinski definition) is 4. The van der Waals surface area contributed by atoms with Gasteiger partial charge in [0, 0.05) is 26.2 Å². The Kier molecular flexibility index (Phi) is 27.7. The monoisotopic (exact) mass is 466 g/mol. The summed E-state index contributed by atoms with van der Waals surface area (Å²) >= 11 is 19.9. The number of unbranched alkanes of at least 4 members (excludes halogenated alkanes) is 4.